The van der Waals surface area contributed by atoms with E-state index in [1.165, 1.54) is 94.9 Å². The van der Waals surface area contributed by atoms with Gasteiger partial charge in [-0.1, -0.05) is 115 Å². The third-order valence-electron chi connectivity index (χ3n) is 9.23. The predicted octanol–water partition coefficient (Wildman–Crippen LogP) is 13.2. The van der Waals surface area contributed by atoms with Gasteiger partial charge in [0.1, 0.15) is 0 Å². The highest BCUT2D eigenvalue weighted by Crippen LogP contribution is 2.48. The Labute approximate surface area is 262 Å². The minimum Gasteiger partial charge on any atom is -0.135 e. The van der Waals surface area contributed by atoms with Gasteiger partial charge in [-0.05, 0) is 79.3 Å². The van der Waals surface area contributed by atoms with Crippen molar-refractivity contribution < 1.29 is 0 Å². The smallest absolute Gasteiger partial charge is 0.0434 e. The summed E-state index contributed by atoms with van der Waals surface area (Å²) < 4.78 is 5.37. The Balaban J connectivity index is 1.30. The first-order valence-electron chi connectivity index (χ1n) is 15.0. The van der Waals surface area contributed by atoms with Crippen LogP contribution in [0.2, 0.25) is 0 Å². The molecule has 0 atom stereocenters. The molecular formula is C42H24S2. The summed E-state index contributed by atoms with van der Waals surface area (Å²) in [5.41, 5.74) is 5.22. The molecule has 0 unspecified atom stereocenters. The lowest BCUT2D eigenvalue weighted by Crippen LogP contribution is -1.91. The SMILES string of the molecule is c1ccc2cc3c(cc2c1)sc1ccc(-c2c4ccccc4c(-c4cccc5c4sc4ccccc45)c4ccccc24)cc13. The van der Waals surface area contributed by atoms with Gasteiger partial charge in [-0.3, -0.25) is 0 Å². The standard InChI is InChI=1S/C42H24S2/c1-2-11-26-24-39-36(22-25(26)10-1)35-23-27(20-21-38(35)43-39)40-29-13-3-5-15-31(29)41(32-16-6-4-14-30(32)40)34-18-9-17-33-28-12-7-8-19-37(28)44-42(33)34/h1-24H. The average molecular weight is 593 g/mol. The third kappa shape index (κ3) is 3.44. The van der Waals surface area contributed by atoms with Crippen LogP contribution in [0.1, 0.15) is 0 Å². The van der Waals surface area contributed by atoms with Crippen LogP contribution in [-0.2, 0) is 0 Å². The van der Waals surface area contributed by atoms with Gasteiger partial charge < -0.3 is 0 Å². The summed E-state index contributed by atoms with van der Waals surface area (Å²) in [5, 5.41) is 13.1. The van der Waals surface area contributed by atoms with E-state index in [1.807, 2.05) is 22.7 Å². The minimum atomic E-state index is 1.27. The molecule has 2 aromatic heterocycles. The van der Waals surface area contributed by atoms with Gasteiger partial charge in [0, 0.05) is 45.9 Å². The van der Waals surface area contributed by atoms with Crippen LogP contribution >= 0.6 is 22.7 Å². The van der Waals surface area contributed by atoms with E-state index in [1.54, 1.807) is 0 Å². The molecule has 0 aliphatic carbocycles. The van der Waals surface area contributed by atoms with Gasteiger partial charge in [0.05, 0.1) is 0 Å². The normalized spacial score (nSPS) is 12.1. The van der Waals surface area contributed by atoms with Crippen LogP contribution in [0.25, 0.3) is 94.9 Å². The second-order valence-electron chi connectivity index (χ2n) is 11.6. The molecule has 0 radical (unpaired) electrons. The molecule has 2 heteroatoms. The van der Waals surface area contributed by atoms with Gasteiger partial charge in [-0.15, -0.1) is 22.7 Å². The highest BCUT2D eigenvalue weighted by atomic mass is 32.1. The van der Waals surface area contributed by atoms with Crippen molar-refractivity contribution in [3.63, 3.8) is 0 Å². The van der Waals surface area contributed by atoms with Crippen LogP contribution < -0.4 is 0 Å². The molecule has 0 aliphatic heterocycles. The Hall–Kier alpha value is -5.02. The summed E-state index contributed by atoms with van der Waals surface area (Å²) in [6.07, 6.45) is 0. The molecule has 44 heavy (non-hydrogen) atoms. The first-order valence-corrected chi connectivity index (χ1v) is 16.6. The van der Waals surface area contributed by atoms with Gasteiger partial charge in [0.25, 0.3) is 0 Å². The Morgan fingerprint density at radius 3 is 1.64 bits per heavy atom. The largest absolute Gasteiger partial charge is 0.135 e. The molecule has 0 saturated carbocycles. The fourth-order valence-corrected chi connectivity index (χ4v) is 9.63. The molecule has 204 valence electrons. The van der Waals surface area contributed by atoms with E-state index in [0.29, 0.717) is 0 Å². The van der Waals surface area contributed by atoms with E-state index in [-0.39, 0.29) is 0 Å². The van der Waals surface area contributed by atoms with Crippen LogP contribution in [0, 0.1) is 0 Å². The zero-order valence-corrected chi connectivity index (χ0v) is 25.3. The fourth-order valence-electron chi connectivity index (χ4n) is 7.29. The molecule has 0 N–H and O–H groups in total. The summed E-state index contributed by atoms with van der Waals surface area (Å²) in [7, 11) is 0. The van der Waals surface area contributed by atoms with Crippen LogP contribution in [0.3, 0.4) is 0 Å². The van der Waals surface area contributed by atoms with Gasteiger partial charge >= 0.3 is 0 Å². The topological polar surface area (TPSA) is 0 Å². The molecule has 0 aliphatic rings. The summed E-state index contributed by atoms with van der Waals surface area (Å²) in [5.74, 6) is 0. The first-order chi connectivity index (χ1) is 21.8. The molecule has 2 heterocycles. The Bertz CT molecular complexity index is 2720. The van der Waals surface area contributed by atoms with Gasteiger partial charge in [-0.25, -0.2) is 0 Å². The highest BCUT2D eigenvalue weighted by molar-refractivity contribution is 7.26. The molecule has 0 spiro atoms. The summed E-state index contributed by atoms with van der Waals surface area (Å²) in [4.78, 5) is 0. The lowest BCUT2D eigenvalue weighted by atomic mass is 9.85. The molecule has 8 aromatic carbocycles. The van der Waals surface area contributed by atoms with Crippen molar-refractivity contribution in [2.45, 2.75) is 0 Å². The third-order valence-corrected chi connectivity index (χ3v) is 11.6. The molecule has 10 rings (SSSR count). The van der Waals surface area contributed by atoms with Gasteiger partial charge in [-0.2, -0.15) is 0 Å². The summed E-state index contributed by atoms with van der Waals surface area (Å²) >= 11 is 3.80. The van der Waals surface area contributed by atoms with Crippen molar-refractivity contribution in [2.24, 2.45) is 0 Å². The van der Waals surface area contributed by atoms with Gasteiger partial charge in [0.15, 0.2) is 0 Å². The van der Waals surface area contributed by atoms with Crippen LogP contribution in [0.4, 0.5) is 0 Å². The van der Waals surface area contributed by atoms with Crippen molar-refractivity contribution in [3.05, 3.63) is 146 Å². The van der Waals surface area contributed by atoms with E-state index in [2.05, 4.69) is 146 Å². The van der Waals surface area contributed by atoms with Gasteiger partial charge in [0.2, 0.25) is 0 Å². The Kier molecular flexibility index (Phi) is 5.13. The second kappa shape index (κ2) is 9.24. The van der Waals surface area contributed by atoms with E-state index in [9.17, 15) is 0 Å². The number of rotatable bonds is 2. The van der Waals surface area contributed by atoms with E-state index < -0.39 is 0 Å². The van der Waals surface area contributed by atoms with Crippen LogP contribution in [0.5, 0.6) is 0 Å². The highest BCUT2D eigenvalue weighted by Gasteiger charge is 2.20. The van der Waals surface area contributed by atoms with Crippen LogP contribution in [-0.4, -0.2) is 0 Å². The summed E-state index contributed by atoms with van der Waals surface area (Å²) in [6.45, 7) is 0. The van der Waals surface area contributed by atoms with E-state index >= 15 is 0 Å². The fraction of sp³-hybridized carbons (Fsp3) is 0. The molecule has 0 amide bonds. The Morgan fingerprint density at radius 1 is 0.318 bits per heavy atom. The molecule has 0 saturated heterocycles. The zero-order valence-electron chi connectivity index (χ0n) is 23.7. The number of benzene rings is 8. The number of hydrogen-bond donors (Lipinski definition) is 0. The number of thiophene rings is 2. The molecule has 10 aromatic rings. The maximum atomic E-state index is 2.43. The maximum Gasteiger partial charge on any atom is 0.0434 e. The van der Waals surface area contributed by atoms with Crippen molar-refractivity contribution >= 4 is 95.3 Å². The number of hydrogen-bond acceptors (Lipinski definition) is 2. The maximum absolute atomic E-state index is 2.43. The lowest BCUT2D eigenvalue weighted by molar-refractivity contribution is 1.71. The zero-order chi connectivity index (χ0) is 28.8. The van der Waals surface area contributed by atoms with Crippen molar-refractivity contribution in [1.29, 1.82) is 0 Å². The monoisotopic (exact) mass is 592 g/mol. The quantitative estimate of drug-likeness (QED) is 0.175. The van der Waals surface area contributed by atoms with Crippen molar-refractivity contribution in [3.8, 4) is 22.3 Å². The minimum absolute atomic E-state index is 1.27. The Morgan fingerprint density at radius 2 is 0.886 bits per heavy atom. The predicted molar refractivity (Wildman–Crippen MR) is 196 cm³/mol. The second-order valence-corrected chi connectivity index (χ2v) is 13.8. The van der Waals surface area contributed by atoms with E-state index in [0.717, 1.165) is 0 Å². The van der Waals surface area contributed by atoms with Crippen molar-refractivity contribution in [2.75, 3.05) is 0 Å². The van der Waals surface area contributed by atoms with Crippen molar-refractivity contribution in [1.82, 2.24) is 0 Å². The first kappa shape index (κ1) is 24.4. The summed E-state index contributed by atoms with van der Waals surface area (Å²) in [6, 6.07) is 54.2. The van der Waals surface area contributed by atoms with E-state index in [4.69, 9.17) is 0 Å². The average Bonchev–Trinajstić information content (AvgIpc) is 3.64. The molecule has 0 nitrogen and oxygen atoms in total. The van der Waals surface area contributed by atoms with Crippen LogP contribution in [0.15, 0.2) is 146 Å². The lowest BCUT2D eigenvalue weighted by Gasteiger charge is -2.18. The molecular weight excluding hydrogens is 569 g/mol. The molecule has 0 fully saturated rings. The molecule has 0 bridgehead atoms. The number of fused-ring (bicyclic) bond motifs is 9.